The van der Waals surface area contributed by atoms with Crippen LogP contribution in [0.15, 0.2) is 18.6 Å². The topological polar surface area (TPSA) is 37.8 Å². The number of aromatic nitrogens is 2. The van der Waals surface area contributed by atoms with Crippen molar-refractivity contribution in [3.8, 4) is 0 Å². The van der Waals surface area contributed by atoms with Crippen LogP contribution in [0.3, 0.4) is 0 Å². The van der Waals surface area contributed by atoms with Crippen LogP contribution in [0.5, 0.6) is 0 Å². The first-order valence-electron chi connectivity index (χ1n) is 3.84. The molecule has 0 saturated carbocycles. The lowest BCUT2D eigenvalue weighted by Gasteiger charge is -2.11. The fourth-order valence-electron chi connectivity index (χ4n) is 0.920. The Hall–Kier alpha value is -0.770. The molecule has 0 amide bonds. The van der Waals surface area contributed by atoms with E-state index < -0.39 is 0 Å². The van der Waals surface area contributed by atoms with Gasteiger partial charge < -0.3 is 5.32 Å². The second-order valence-electron chi connectivity index (χ2n) is 2.60. The molecule has 0 radical (unpaired) electrons. The molecule has 0 fully saturated rings. The Morgan fingerprint density at radius 2 is 2.50 bits per heavy atom. The van der Waals surface area contributed by atoms with Crippen molar-refractivity contribution in [2.45, 2.75) is 13.0 Å². The van der Waals surface area contributed by atoms with E-state index in [4.69, 9.17) is 0 Å². The smallest absolute Gasteiger partial charge is 0.129 e. The second kappa shape index (κ2) is 4.98. The van der Waals surface area contributed by atoms with E-state index in [0.717, 1.165) is 11.6 Å². The van der Waals surface area contributed by atoms with Gasteiger partial charge in [-0.15, -0.1) is 0 Å². The summed E-state index contributed by atoms with van der Waals surface area (Å²) in [7, 11) is 0. The number of nitrogens with zero attached hydrogens (tertiary/aromatic N) is 2. The molecule has 1 unspecified atom stereocenters. The van der Waals surface area contributed by atoms with Gasteiger partial charge in [-0.25, -0.2) is 9.97 Å². The quantitative estimate of drug-likeness (QED) is 0.770. The van der Waals surface area contributed by atoms with Gasteiger partial charge in [0.1, 0.15) is 12.1 Å². The van der Waals surface area contributed by atoms with Crippen LogP contribution in [0, 0.1) is 0 Å². The van der Waals surface area contributed by atoms with Crippen molar-refractivity contribution < 1.29 is 0 Å². The van der Waals surface area contributed by atoms with Gasteiger partial charge in [0, 0.05) is 18.0 Å². The van der Waals surface area contributed by atoms with Crippen LogP contribution < -0.4 is 5.32 Å². The highest BCUT2D eigenvalue weighted by atomic mass is 32.2. The van der Waals surface area contributed by atoms with Crippen LogP contribution in [0.25, 0.3) is 0 Å². The minimum Gasteiger partial charge on any atom is -0.367 e. The highest BCUT2D eigenvalue weighted by molar-refractivity contribution is 7.98. The molecule has 1 atom stereocenters. The summed E-state index contributed by atoms with van der Waals surface area (Å²) in [4.78, 5) is 7.91. The molecule has 1 N–H and O–H groups in total. The summed E-state index contributed by atoms with van der Waals surface area (Å²) >= 11 is 1.82. The Morgan fingerprint density at radius 3 is 3.08 bits per heavy atom. The summed E-state index contributed by atoms with van der Waals surface area (Å²) in [5.41, 5.74) is 0. The predicted octanol–water partition coefficient (Wildman–Crippen LogP) is 1.64. The van der Waals surface area contributed by atoms with E-state index in [1.807, 2.05) is 17.8 Å². The molecule has 3 nitrogen and oxygen atoms in total. The molecule has 0 aliphatic carbocycles. The standard InChI is InChI=1S/C8H13N3S/c1-7(5-12-2)11-8-3-4-9-6-10-8/h3-4,6-7H,5H2,1-2H3,(H,9,10,11). The van der Waals surface area contributed by atoms with E-state index >= 15 is 0 Å². The Kier molecular flexibility index (Phi) is 3.87. The molecular formula is C8H13N3S. The van der Waals surface area contributed by atoms with E-state index in [0.29, 0.717) is 6.04 Å². The van der Waals surface area contributed by atoms with Gasteiger partial charge in [-0.05, 0) is 19.2 Å². The maximum absolute atomic E-state index is 4.07. The molecule has 66 valence electrons. The van der Waals surface area contributed by atoms with Gasteiger partial charge in [0.2, 0.25) is 0 Å². The summed E-state index contributed by atoms with van der Waals surface area (Å²) in [5.74, 6) is 1.98. The number of anilines is 1. The Labute approximate surface area is 77.0 Å². The molecule has 1 aromatic rings. The molecule has 4 heteroatoms. The summed E-state index contributed by atoms with van der Waals surface area (Å²) in [5, 5.41) is 3.27. The van der Waals surface area contributed by atoms with E-state index in [-0.39, 0.29) is 0 Å². The molecule has 12 heavy (non-hydrogen) atoms. The number of nitrogens with one attached hydrogen (secondary N) is 1. The van der Waals surface area contributed by atoms with Crippen LogP contribution in [0.1, 0.15) is 6.92 Å². The van der Waals surface area contributed by atoms with Crippen molar-refractivity contribution in [3.63, 3.8) is 0 Å². The normalized spacial score (nSPS) is 12.5. The van der Waals surface area contributed by atoms with Crippen molar-refractivity contribution in [2.75, 3.05) is 17.3 Å². The fraction of sp³-hybridized carbons (Fsp3) is 0.500. The van der Waals surface area contributed by atoms with Crippen LogP contribution in [-0.2, 0) is 0 Å². The lowest BCUT2D eigenvalue weighted by Crippen LogP contribution is -2.18. The molecule has 0 aliphatic heterocycles. The fourth-order valence-corrected chi connectivity index (χ4v) is 1.50. The third kappa shape index (κ3) is 3.09. The maximum atomic E-state index is 4.07. The lowest BCUT2D eigenvalue weighted by molar-refractivity contribution is 0.900. The SMILES string of the molecule is CSCC(C)Nc1ccncn1. The second-order valence-corrected chi connectivity index (χ2v) is 3.51. The minimum atomic E-state index is 0.454. The number of hydrogen-bond donors (Lipinski definition) is 1. The zero-order valence-corrected chi connectivity index (χ0v) is 8.14. The molecule has 1 rings (SSSR count). The molecule has 1 aromatic heterocycles. The Bertz CT molecular complexity index is 215. The lowest BCUT2D eigenvalue weighted by atomic mass is 10.4. The average Bonchev–Trinajstić information content (AvgIpc) is 2.06. The molecule has 0 bridgehead atoms. The van der Waals surface area contributed by atoms with Crippen molar-refractivity contribution in [1.29, 1.82) is 0 Å². The van der Waals surface area contributed by atoms with Gasteiger partial charge in [-0.2, -0.15) is 11.8 Å². The van der Waals surface area contributed by atoms with Gasteiger partial charge >= 0.3 is 0 Å². The molecule has 0 aromatic carbocycles. The summed E-state index contributed by atoms with van der Waals surface area (Å²) in [6, 6.07) is 2.33. The minimum absolute atomic E-state index is 0.454. The average molecular weight is 183 g/mol. The highest BCUT2D eigenvalue weighted by Crippen LogP contribution is 2.04. The predicted molar refractivity (Wildman–Crippen MR) is 53.5 cm³/mol. The van der Waals surface area contributed by atoms with Gasteiger partial charge in [0.05, 0.1) is 0 Å². The Balaban J connectivity index is 2.41. The first kappa shape index (κ1) is 9.32. The molecule has 1 heterocycles. The molecule has 0 aliphatic rings. The van der Waals surface area contributed by atoms with Crippen LogP contribution in [0.2, 0.25) is 0 Å². The van der Waals surface area contributed by atoms with Gasteiger partial charge in [-0.1, -0.05) is 0 Å². The van der Waals surface area contributed by atoms with Crippen LogP contribution >= 0.6 is 11.8 Å². The van der Waals surface area contributed by atoms with Gasteiger partial charge in [-0.3, -0.25) is 0 Å². The van der Waals surface area contributed by atoms with Crippen LogP contribution in [-0.4, -0.2) is 28.0 Å². The molecular weight excluding hydrogens is 170 g/mol. The van der Waals surface area contributed by atoms with Crippen molar-refractivity contribution in [2.24, 2.45) is 0 Å². The van der Waals surface area contributed by atoms with Crippen molar-refractivity contribution in [1.82, 2.24) is 9.97 Å². The van der Waals surface area contributed by atoms with E-state index in [1.54, 1.807) is 12.5 Å². The first-order valence-corrected chi connectivity index (χ1v) is 5.24. The van der Waals surface area contributed by atoms with E-state index in [9.17, 15) is 0 Å². The van der Waals surface area contributed by atoms with Gasteiger partial charge in [0.15, 0.2) is 0 Å². The first-order chi connectivity index (χ1) is 5.83. The molecule has 0 spiro atoms. The van der Waals surface area contributed by atoms with E-state index in [2.05, 4.69) is 28.5 Å². The van der Waals surface area contributed by atoms with Crippen molar-refractivity contribution in [3.05, 3.63) is 18.6 Å². The van der Waals surface area contributed by atoms with Crippen LogP contribution in [0.4, 0.5) is 5.82 Å². The van der Waals surface area contributed by atoms with Gasteiger partial charge in [0.25, 0.3) is 0 Å². The summed E-state index contributed by atoms with van der Waals surface area (Å²) in [6.45, 7) is 2.14. The third-order valence-electron chi connectivity index (χ3n) is 1.39. The monoisotopic (exact) mass is 183 g/mol. The summed E-state index contributed by atoms with van der Waals surface area (Å²) in [6.07, 6.45) is 5.38. The zero-order chi connectivity index (χ0) is 8.81. The molecule has 0 saturated heterocycles. The third-order valence-corrected chi connectivity index (χ3v) is 2.23. The number of hydrogen-bond acceptors (Lipinski definition) is 4. The Morgan fingerprint density at radius 1 is 1.67 bits per heavy atom. The summed E-state index contributed by atoms with van der Waals surface area (Å²) < 4.78 is 0. The largest absolute Gasteiger partial charge is 0.367 e. The van der Waals surface area contributed by atoms with E-state index in [1.165, 1.54) is 0 Å². The zero-order valence-electron chi connectivity index (χ0n) is 7.32. The highest BCUT2D eigenvalue weighted by Gasteiger charge is 1.99. The maximum Gasteiger partial charge on any atom is 0.129 e. The number of thioether (sulfide) groups is 1. The van der Waals surface area contributed by atoms with Crippen molar-refractivity contribution >= 4 is 17.6 Å². The number of rotatable bonds is 4.